The van der Waals surface area contributed by atoms with Crippen LogP contribution in [0.25, 0.3) is 0 Å². The van der Waals surface area contributed by atoms with Gasteiger partial charge < -0.3 is 9.64 Å². The molecule has 3 aromatic heterocycles. The Hall–Kier alpha value is -3.16. The fourth-order valence-electron chi connectivity index (χ4n) is 3.42. The number of fused-ring (bicyclic) bond motifs is 1. The molecule has 0 radical (unpaired) electrons. The van der Waals surface area contributed by atoms with Crippen molar-refractivity contribution in [1.29, 1.82) is 0 Å². The lowest BCUT2D eigenvalue weighted by molar-refractivity contribution is -0.132. The van der Waals surface area contributed by atoms with E-state index in [0.29, 0.717) is 31.9 Å². The summed E-state index contributed by atoms with van der Waals surface area (Å²) in [6.45, 7) is 1.59. The van der Waals surface area contributed by atoms with E-state index >= 15 is 0 Å². The second-order valence-corrected chi connectivity index (χ2v) is 6.84. The number of hydrogen-bond acceptors (Lipinski definition) is 5. The number of aryl methyl sites for hydroxylation is 2. The highest BCUT2D eigenvalue weighted by Gasteiger charge is 2.31. The Morgan fingerprint density at radius 3 is 2.89 bits per heavy atom. The van der Waals surface area contributed by atoms with Gasteiger partial charge in [-0.1, -0.05) is 0 Å². The first-order valence-corrected chi connectivity index (χ1v) is 8.90. The molecule has 8 nitrogen and oxygen atoms in total. The van der Waals surface area contributed by atoms with Gasteiger partial charge >= 0.3 is 0 Å². The molecule has 0 N–H and O–H groups in total. The average molecular weight is 366 g/mol. The zero-order valence-corrected chi connectivity index (χ0v) is 15.4. The zero-order chi connectivity index (χ0) is 18.8. The highest BCUT2D eigenvalue weighted by Crippen LogP contribution is 2.28. The molecule has 0 fully saturated rings. The number of pyridine rings is 1. The van der Waals surface area contributed by atoms with Gasteiger partial charge in [-0.05, 0) is 18.2 Å². The minimum atomic E-state index is 0.0165. The quantitative estimate of drug-likeness (QED) is 0.680. The van der Waals surface area contributed by atoms with Crippen molar-refractivity contribution in [3.8, 4) is 5.75 Å². The number of nitrogens with zero attached hydrogens (tertiary/aromatic N) is 6. The lowest BCUT2D eigenvalue weighted by Crippen LogP contribution is -2.40. The van der Waals surface area contributed by atoms with Crippen LogP contribution in [0.3, 0.4) is 0 Å². The van der Waals surface area contributed by atoms with Gasteiger partial charge in [0.05, 0.1) is 36.5 Å². The number of amides is 1. The smallest absolute Gasteiger partial charge is 0.228 e. The molecule has 1 aliphatic heterocycles. The largest absolute Gasteiger partial charge is 0.491 e. The van der Waals surface area contributed by atoms with Gasteiger partial charge in [0.2, 0.25) is 5.91 Å². The summed E-state index contributed by atoms with van der Waals surface area (Å²) in [6, 6.07) is 5.59. The summed E-state index contributed by atoms with van der Waals surface area (Å²) in [5.74, 6) is 0.796. The summed E-state index contributed by atoms with van der Waals surface area (Å²) >= 11 is 0. The van der Waals surface area contributed by atoms with Crippen LogP contribution >= 0.6 is 0 Å². The van der Waals surface area contributed by atoms with Gasteiger partial charge in [-0.3, -0.25) is 19.1 Å². The first kappa shape index (κ1) is 17.3. The molecule has 4 rings (SSSR count). The van der Waals surface area contributed by atoms with Crippen molar-refractivity contribution in [3.05, 3.63) is 59.9 Å². The summed E-state index contributed by atoms with van der Waals surface area (Å²) < 4.78 is 9.41. The van der Waals surface area contributed by atoms with Gasteiger partial charge in [0.15, 0.2) is 0 Å². The fraction of sp³-hybridized carbons (Fsp3) is 0.368. The Bertz CT molecular complexity index is 933. The van der Waals surface area contributed by atoms with E-state index in [9.17, 15) is 4.79 Å². The second kappa shape index (κ2) is 7.22. The van der Waals surface area contributed by atoms with Crippen LogP contribution in [0.4, 0.5) is 0 Å². The molecule has 0 saturated carbocycles. The van der Waals surface area contributed by atoms with E-state index < -0.39 is 0 Å². The lowest BCUT2D eigenvalue weighted by atomic mass is 9.97. The van der Waals surface area contributed by atoms with Gasteiger partial charge in [-0.2, -0.15) is 10.2 Å². The normalized spacial score (nSPS) is 16.2. The molecule has 140 valence electrons. The highest BCUT2D eigenvalue weighted by atomic mass is 16.5. The highest BCUT2D eigenvalue weighted by molar-refractivity contribution is 5.78. The molecule has 1 aliphatic rings. The topological polar surface area (TPSA) is 78.1 Å². The van der Waals surface area contributed by atoms with Gasteiger partial charge in [-0.25, -0.2) is 0 Å². The monoisotopic (exact) mass is 366 g/mol. The Morgan fingerprint density at radius 1 is 1.26 bits per heavy atom. The van der Waals surface area contributed by atoms with Crippen LogP contribution in [0.2, 0.25) is 0 Å². The minimum absolute atomic E-state index is 0.0165. The molecule has 0 unspecified atom stereocenters. The molecular weight excluding hydrogens is 344 g/mol. The van der Waals surface area contributed by atoms with Crippen molar-refractivity contribution in [2.45, 2.75) is 18.9 Å². The first-order chi connectivity index (χ1) is 13.1. The molecule has 0 spiro atoms. The predicted molar refractivity (Wildman–Crippen MR) is 98.0 cm³/mol. The molecule has 0 saturated heterocycles. The molecule has 0 aromatic carbocycles. The Morgan fingerprint density at radius 2 is 2.15 bits per heavy atom. The van der Waals surface area contributed by atoms with E-state index in [2.05, 4.69) is 15.2 Å². The fourth-order valence-corrected chi connectivity index (χ4v) is 3.42. The molecule has 1 amide bonds. The standard InChI is InChI=1S/C19H22N6O2/c1-23-7-5-16(21-23)8-18(26)25-11-14-10-24(2)22-19(14)15(12-25)13-27-17-4-3-6-20-9-17/h3-7,9-10,15H,8,11-13H2,1-2H3/t15-/m0/s1. The molecule has 1 atom stereocenters. The van der Waals surface area contributed by atoms with Crippen LogP contribution in [0.15, 0.2) is 43.0 Å². The number of hydrogen-bond donors (Lipinski definition) is 0. The van der Waals surface area contributed by atoms with Crippen LogP contribution in [-0.4, -0.2) is 48.5 Å². The van der Waals surface area contributed by atoms with Gasteiger partial charge in [-0.15, -0.1) is 0 Å². The van der Waals surface area contributed by atoms with Crippen molar-refractivity contribution < 1.29 is 9.53 Å². The summed E-state index contributed by atoms with van der Waals surface area (Å²) in [5, 5.41) is 8.90. The number of rotatable bonds is 5. The number of carbonyl (C=O) groups excluding carboxylic acids is 1. The van der Waals surface area contributed by atoms with Gasteiger partial charge in [0.25, 0.3) is 0 Å². The molecule has 3 aromatic rings. The number of aromatic nitrogens is 5. The van der Waals surface area contributed by atoms with Gasteiger partial charge in [0.1, 0.15) is 5.75 Å². The second-order valence-electron chi connectivity index (χ2n) is 6.84. The van der Waals surface area contributed by atoms with E-state index in [1.165, 1.54) is 0 Å². The average Bonchev–Trinajstić information content (AvgIpc) is 3.24. The SMILES string of the molecule is Cn1ccc(CC(=O)N2Cc3cn(C)nc3[C@H](COc3cccnc3)C2)n1. The predicted octanol–water partition coefficient (Wildman–Crippen LogP) is 1.30. The van der Waals surface area contributed by atoms with Crippen molar-refractivity contribution in [2.24, 2.45) is 14.1 Å². The summed E-state index contributed by atoms with van der Waals surface area (Å²) in [6.07, 6.45) is 7.52. The van der Waals surface area contributed by atoms with Crippen molar-refractivity contribution in [3.63, 3.8) is 0 Å². The van der Waals surface area contributed by atoms with Crippen LogP contribution in [0, 0.1) is 0 Å². The van der Waals surface area contributed by atoms with Crippen molar-refractivity contribution in [1.82, 2.24) is 29.4 Å². The Labute approximate surface area is 157 Å². The maximum atomic E-state index is 12.8. The lowest BCUT2D eigenvalue weighted by Gasteiger charge is -2.31. The van der Waals surface area contributed by atoms with E-state index in [4.69, 9.17) is 4.74 Å². The first-order valence-electron chi connectivity index (χ1n) is 8.90. The molecular formula is C19H22N6O2. The number of ether oxygens (including phenoxy) is 1. The third-order valence-electron chi connectivity index (χ3n) is 4.67. The van der Waals surface area contributed by atoms with Crippen LogP contribution in [0.5, 0.6) is 5.75 Å². The Kier molecular flexibility index (Phi) is 4.62. The van der Waals surface area contributed by atoms with E-state index in [1.807, 2.05) is 49.6 Å². The molecule has 8 heteroatoms. The Balaban J connectivity index is 1.49. The molecule has 0 aliphatic carbocycles. The zero-order valence-electron chi connectivity index (χ0n) is 15.4. The molecule has 4 heterocycles. The summed E-state index contributed by atoms with van der Waals surface area (Å²) in [4.78, 5) is 18.8. The third-order valence-corrected chi connectivity index (χ3v) is 4.67. The summed E-state index contributed by atoms with van der Waals surface area (Å²) in [7, 11) is 3.75. The van der Waals surface area contributed by atoms with Crippen LogP contribution < -0.4 is 4.74 Å². The minimum Gasteiger partial charge on any atom is -0.491 e. The van der Waals surface area contributed by atoms with E-state index in [-0.39, 0.29) is 11.8 Å². The third kappa shape index (κ3) is 3.84. The number of carbonyl (C=O) groups is 1. The van der Waals surface area contributed by atoms with Crippen LogP contribution in [-0.2, 0) is 31.9 Å². The molecule has 0 bridgehead atoms. The maximum absolute atomic E-state index is 12.8. The van der Waals surface area contributed by atoms with E-state index in [1.54, 1.807) is 21.8 Å². The van der Waals surface area contributed by atoms with Gasteiger partial charge in [0, 0.05) is 51.3 Å². The van der Waals surface area contributed by atoms with Crippen molar-refractivity contribution >= 4 is 5.91 Å². The van der Waals surface area contributed by atoms with Crippen LogP contribution in [0.1, 0.15) is 22.9 Å². The molecule has 27 heavy (non-hydrogen) atoms. The van der Waals surface area contributed by atoms with Crippen molar-refractivity contribution in [2.75, 3.05) is 13.2 Å². The van der Waals surface area contributed by atoms with E-state index in [0.717, 1.165) is 17.0 Å². The summed E-state index contributed by atoms with van der Waals surface area (Å²) in [5.41, 5.74) is 2.85. The maximum Gasteiger partial charge on any atom is 0.228 e.